The van der Waals surface area contributed by atoms with Crippen LogP contribution in [0, 0.1) is 0 Å². The summed E-state index contributed by atoms with van der Waals surface area (Å²) in [4.78, 5) is 23.2. The number of hydrogen-bond donors (Lipinski definition) is 2. The lowest BCUT2D eigenvalue weighted by atomic mass is 10.1. The number of benzene rings is 2. The van der Waals surface area contributed by atoms with Crippen LogP contribution >= 0.6 is 0 Å². The lowest BCUT2D eigenvalue weighted by molar-refractivity contribution is -0.157. The number of aliphatic carboxylic acids is 1. The van der Waals surface area contributed by atoms with Crippen molar-refractivity contribution in [2.24, 2.45) is 0 Å². The van der Waals surface area contributed by atoms with Crippen LogP contribution in [0.15, 0.2) is 59.5 Å². The molecule has 0 saturated carbocycles. The van der Waals surface area contributed by atoms with Crippen LogP contribution in [0.5, 0.6) is 5.75 Å². The van der Waals surface area contributed by atoms with Crippen LogP contribution in [0.3, 0.4) is 0 Å². The van der Waals surface area contributed by atoms with Crippen LogP contribution in [0.1, 0.15) is 26.3 Å². The van der Waals surface area contributed by atoms with E-state index in [1.54, 1.807) is 63.2 Å². The Balaban J connectivity index is 1.99. The van der Waals surface area contributed by atoms with Gasteiger partial charge in [-0.1, -0.05) is 30.3 Å². The second-order valence-electron chi connectivity index (χ2n) is 7.55. The molecular weight excluding hydrogens is 410 g/mol. The number of carboxylic acids is 1. The zero-order chi connectivity index (χ0) is 22.4. The van der Waals surface area contributed by atoms with Gasteiger partial charge < -0.3 is 14.6 Å². The predicted octanol–water partition coefficient (Wildman–Crippen LogP) is 2.38. The fourth-order valence-electron chi connectivity index (χ4n) is 2.51. The molecule has 2 N–H and O–H groups in total. The lowest BCUT2D eigenvalue weighted by Gasteiger charge is -2.19. The molecule has 0 saturated heterocycles. The van der Waals surface area contributed by atoms with Crippen molar-refractivity contribution in [2.75, 3.05) is 6.61 Å². The van der Waals surface area contributed by atoms with E-state index in [-0.39, 0.29) is 17.9 Å². The third kappa shape index (κ3) is 7.49. The molecule has 30 heavy (non-hydrogen) atoms. The van der Waals surface area contributed by atoms with Gasteiger partial charge in [-0.25, -0.2) is 13.2 Å². The van der Waals surface area contributed by atoms with Gasteiger partial charge in [-0.05, 0) is 57.0 Å². The van der Waals surface area contributed by atoms with Gasteiger partial charge in [-0.2, -0.15) is 4.72 Å². The number of carbonyl (C=O) groups excluding carboxylic acids is 1. The van der Waals surface area contributed by atoms with Crippen LogP contribution in [0.4, 0.5) is 0 Å². The molecule has 0 aromatic heterocycles. The average Bonchev–Trinajstić information content (AvgIpc) is 2.66. The molecule has 0 aliphatic carbocycles. The maximum atomic E-state index is 12.4. The standard InChI is InChI=1S/C21H25NO7S/c1-21(2,3)29-19(23)14-28-16-11-9-15(10-12-16)13-18(20(24)25)22-30(26,27)17-7-5-4-6-8-17/h4-12,18,22H,13-14H2,1-3H3,(H,24,25). The molecule has 1 atom stereocenters. The number of carbonyl (C=O) groups is 2. The lowest BCUT2D eigenvalue weighted by Crippen LogP contribution is -2.42. The Morgan fingerprint density at radius 1 is 1.03 bits per heavy atom. The third-order valence-corrected chi connectivity index (χ3v) is 5.28. The van der Waals surface area contributed by atoms with Gasteiger partial charge >= 0.3 is 11.9 Å². The van der Waals surface area contributed by atoms with E-state index in [1.807, 2.05) is 0 Å². The quantitative estimate of drug-likeness (QED) is 0.581. The monoisotopic (exact) mass is 435 g/mol. The number of nitrogens with one attached hydrogen (secondary N) is 1. The summed E-state index contributed by atoms with van der Waals surface area (Å²) in [7, 11) is -3.97. The summed E-state index contributed by atoms with van der Waals surface area (Å²) in [5.74, 6) is -1.39. The Morgan fingerprint density at radius 2 is 1.63 bits per heavy atom. The van der Waals surface area contributed by atoms with E-state index in [4.69, 9.17) is 9.47 Å². The molecule has 1 unspecified atom stereocenters. The molecule has 0 radical (unpaired) electrons. The Kier molecular flexibility index (Phi) is 7.58. The van der Waals surface area contributed by atoms with Gasteiger partial charge in [-0.3, -0.25) is 4.79 Å². The molecule has 2 rings (SSSR count). The van der Waals surface area contributed by atoms with Gasteiger partial charge in [0, 0.05) is 0 Å². The molecule has 0 fully saturated rings. The molecular formula is C21H25NO7S. The first-order chi connectivity index (χ1) is 14.0. The highest BCUT2D eigenvalue weighted by molar-refractivity contribution is 7.89. The second-order valence-corrected chi connectivity index (χ2v) is 9.26. The van der Waals surface area contributed by atoms with E-state index < -0.39 is 33.6 Å². The van der Waals surface area contributed by atoms with Crippen molar-refractivity contribution in [2.45, 2.75) is 43.7 Å². The van der Waals surface area contributed by atoms with Gasteiger partial charge in [-0.15, -0.1) is 0 Å². The Labute approximate surface area is 175 Å². The minimum atomic E-state index is -3.97. The summed E-state index contributed by atoms with van der Waals surface area (Å²) in [6.07, 6.45) is -0.0618. The summed E-state index contributed by atoms with van der Waals surface area (Å²) in [6, 6.07) is 12.6. The van der Waals surface area contributed by atoms with Crippen LogP contribution in [0.2, 0.25) is 0 Å². The molecule has 0 aliphatic rings. The minimum Gasteiger partial charge on any atom is -0.482 e. The highest BCUT2D eigenvalue weighted by Crippen LogP contribution is 2.16. The van der Waals surface area contributed by atoms with Gasteiger partial charge in [0.2, 0.25) is 10.0 Å². The van der Waals surface area contributed by atoms with E-state index in [2.05, 4.69) is 4.72 Å². The topological polar surface area (TPSA) is 119 Å². The number of carboxylic acid groups (broad SMARTS) is 1. The van der Waals surface area contributed by atoms with Crippen molar-refractivity contribution >= 4 is 22.0 Å². The summed E-state index contributed by atoms with van der Waals surface area (Å²) < 4.78 is 37.5. The molecule has 2 aromatic rings. The maximum absolute atomic E-state index is 12.4. The minimum absolute atomic E-state index is 0.0119. The van der Waals surface area contributed by atoms with Gasteiger partial charge in [0.05, 0.1) is 4.90 Å². The highest BCUT2D eigenvalue weighted by Gasteiger charge is 2.25. The van der Waals surface area contributed by atoms with Crippen molar-refractivity contribution in [3.05, 3.63) is 60.2 Å². The molecule has 0 heterocycles. The Hall–Kier alpha value is -2.91. The van der Waals surface area contributed by atoms with E-state index in [1.165, 1.54) is 12.1 Å². The number of rotatable bonds is 9. The van der Waals surface area contributed by atoms with E-state index >= 15 is 0 Å². The normalized spacial score (nSPS) is 12.8. The fourth-order valence-corrected chi connectivity index (χ4v) is 3.72. The van der Waals surface area contributed by atoms with Crippen LogP contribution in [-0.4, -0.2) is 43.7 Å². The molecule has 0 spiro atoms. The first-order valence-electron chi connectivity index (χ1n) is 9.20. The Morgan fingerprint density at radius 3 is 2.17 bits per heavy atom. The number of ether oxygens (including phenoxy) is 2. The van der Waals surface area contributed by atoms with E-state index in [0.717, 1.165) is 0 Å². The molecule has 2 aromatic carbocycles. The van der Waals surface area contributed by atoms with Gasteiger partial charge in [0.15, 0.2) is 6.61 Å². The number of esters is 1. The summed E-state index contributed by atoms with van der Waals surface area (Å²) >= 11 is 0. The maximum Gasteiger partial charge on any atom is 0.344 e. The first kappa shape index (κ1) is 23.4. The fraction of sp³-hybridized carbons (Fsp3) is 0.333. The summed E-state index contributed by atoms with van der Waals surface area (Å²) in [6.45, 7) is 5.00. The van der Waals surface area contributed by atoms with E-state index in [9.17, 15) is 23.1 Å². The number of hydrogen-bond acceptors (Lipinski definition) is 6. The van der Waals surface area contributed by atoms with Crippen molar-refractivity contribution in [1.29, 1.82) is 0 Å². The zero-order valence-corrected chi connectivity index (χ0v) is 17.8. The summed E-state index contributed by atoms with van der Waals surface area (Å²) in [5.41, 5.74) is -0.0220. The van der Waals surface area contributed by atoms with Crippen molar-refractivity contribution < 1.29 is 32.6 Å². The van der Waals surface area contributed by atoms with Crippen molar-refractivity contribution in [1.82, 2.24) is 4.72 Å². The number of sulfonamides is 1. The molecule has 0 aliphatic heterocycles. The van der Waals surface area contributed by atoms with Gasteiger partial charge in [0.1, 0.15) is 17.4 Å². The predicted molar refractivity (Wildman–Crippen MR) is 110 cm³/mol. The second kappa shape index (κ2) is 9.73. The highest BCUT2D eigenvalue weighted by atomic mass is 32.2. The molecule has 0 amide bonds. The SMILES string of the molecule is CC(C)(C)OC(=O)COc1ccc(CC(NS(=O)(=O)c2ccccc2)C(=O)O)cc1. The van der Waals surface area contributed by atoms with E-state index in [0.29, 0.717) is 11.3 Å². The third-order valence-electron chi connectivity index (χ3n) is 3.79. The first-order valence-corrected chi connectivity index (χ1v) is 10.7. The largest absolute Gasteiger partial charge is 0.482 e. The van der Waals surface area contributed by atoms with Crippen LogP contribution in [0.25, 0.3) is 0 Å². The summed E-state index contributed by atoms with van der Waals surface area (Å²) in [5, 5.41) is 9.43. The van der Waals surface area contributed by atoms with Crippen molar-refractivity contribution in [3.8, 4) is 5.75 Å². The molecule has 162 valence electrons. The van der Waals surface area contributed by atoms with Crippen molar-refractivity contribution in [3.63, 3.8) is 0 Å². The van der Waals surface area contributed by atoms with Crippen LogP contribution < -0.4 is 9.46 Å². The average molecular weight is 435 g/mol. The Bertz CT molecular complexity index is 965. The molecule has 8 nitrogen and oxygen atoms in total. The smallest absolute Gasteiger partial charge is 0.344 e. The molecule has 0 bridgehead atoms. The molecule has 9 heteroatoms. The zero-order valence-electron chi connectivity index (χ0n) is 17.0. The van der Waals surface area contributed by atoms with Gasteiger partial charge in [0.25, 0.3) is 0 Å². The van der Waals surface area contributed by atoms with Crippen LogP contribution in [-0.2, 0) is 30.8 Å².